The number of hydrogen-bond donors (Lipinski definition) is 1. The van der Waals surface area contributed by atoms with E-state index < -0.39 is 17.8 Å². The van der Waals surface area contributed by atoms with Crippen LogP contribution in [0.2, 0.25) is 0 Å². The van der Waals surface area contributed by atoms with E-state index in [1.54, 1.807) is 19.1 Å². The van der Waals surface area contributed by atoms with Crippen LogP contribution in [0.4, 0.5) is 0 Å². The summed E-state index contributed by atoms with van der Waals surface area (Å²) in [5, 5.41) is 10.4. The number of phenols is 1. The third-order valence-electron chi connectivity index (χ3n) is 5.61. The molecule has 0 saturated heterocycles. The number of aliphatic imine (C=N–C) groups is 1. The lowest BCUT2D eigenvalue weighted by atomic mass is 9.67. The molecule has 166 valence electrons. The van der Waals surface area contributed by atoms with Gasteiger partial charge in [-0.15, -0.1) is 0 Å². The molecule has 1 heterocycles. The van der Waals surface area contributed by atoms with Crippen LogP contribution >= 0.6 is 15.9 Å². The summed E-state index contributed by atoms with van der Waals surface area (Å²) in [6.45, 7) is 11.7. The predicted octanol–water partition coefficient (Wildman–Crippen LogP) is 5.10. The molecule has 0 saturated carbocycles. The summed E-state index contributed by atoms with van der Waals surface area (Å²) in [6.07, 6.45) is 2.53. The maximum atomic E-state index is 13.3. The lowest BCUT2D eigenvalue weighted by Crippen LogP contribution is -2.39. The van der Waals surface area contributed by atoms with E-state index >= 15 is 0 Å². The summed E-state index contributed by atoms with van der Waals surface area (Å²) < 4.78 is 11.4. The van der Waals surface area contributed by atoms with Crippen LogP contribution in [0.3, 0.4) is 0 Å². The van der Waals surface area contributed by atoms with Gasteiger partial charge in [0.1, 0.15) is 12.5 Å². The number of carbonyl (C=O) groups is 2. The van der Waals surface area contributed by atoms with E-state index in [1.807, 2.05) is 20.8 Å². The van der Waals surface area contributed by atoms with Crippen molar-refractivity contribution in [1.82, 2.24) is 0 Å². The highest BCUT2D eigenvalue weighted by Gasteiger charge is 2.46. The van der Waals surface area contributed by atoms with Gasteiger partial charge in [-0.25, -0.2) is 0 Å². The van der Waals surface area contributed by atoms with Crippen LogP contribution in [0.15, 0.2) is 45.5 Å². The first-order valence-corrected chi connectivity index (χ1v) is 11.1. The first kappa shape index (κ1) is 23.3. The van der Waals surface area contributed by atoms with E-state index in [1.165, 1.54) is 6.08 Å². The lowest BCUT2D eigenvalue weighted by molar-refractivity contribution is -0.145. The van der Waals surface area contributed by atoms with Crippen LogP contribution in [0.25, 0.3) is 0 Å². The Kier molecular flexibility index (Phi) is 6.74. The number of carbonyl (C=O) groups excluding carboxylic acids is 2. The minimum atomic E-state index is -0.755. The molecule has 2 unspecified atom stereocenters. The van der Waals surface area contributed by atoms with E-state index in [0.29, 0.717) is 40.8 Å². The molecule has 1 aromatic carbocycles. The second kappa shape index (κ2) is 8.99. The Hall–Kier alpha value is -2.41. The number of aromatic hydroxyl groups is 1. The fourth-order valence-corrected chi connectivity index (χ4v) is 4.84. The second-order valence-corrected chi connectivity index (χ2v) is 9.57. The summed E-state index contributed by atoms with van der Waals surface area (Å²) in [5.74, 6) is -1.55. The van der Waals surface area contributed by atoms with Crippen molar-refractivity contribution in [1.29, 1.82) is 0 Å². The molecule has 3 rings (SSSR count). The van der Waals surface area contributed by atoms with Crippen molar-refractivity contribution in [2.75, 3.05) is 13.2 Å². The second-order valence-electron chi connectivity index (χ2n) is 8.71. The van der Waals surface area contributed by atoms with Crippen LogP contribution in [0, 0.1) is 11.3 Å². The molecule has 0 spiro atoms. The number of ether oxygens (including phenoxy) is 2. The van der Waals surface area contributed by atoms with E-state index in [2.05, 4.69) is 22.5 Å². The van der Waals surface area contributed by atoms with Crippen molar-refractivity contribution in [3.05, 3.63) is 46.1 Å². The van der Waals surface area contributed by atoms with Crippen molar-refractivity contribution in [2.24, 2.45) is 16.3 Å². The number of Topliss-reactive ketones (excluding diaryl/α,β-unsaturated/α-hetero) is 1. The number of nitrogens with zero attached hydrogens (tertiary/aromatic N) is 1. The van der Waals surface area contributed by atoms with Crippen LogP contribution in [-0.2, 0) is 14.3 Å². The molecule has 6 nitrogen and oxygen atoms in total. The zero-order chi connectivity index (χ0) is 22.9. The molecular formula is C24H28BrNO5. The molecular weight excluding hydrogens is 462 g/mol. The molecule has 0 aromatic heterocycles. The average molecular weight is 490 g/mol. The summed E-state index contributed by atoms with van der Waals surface area (Å²) in [7, 11) is 0. The van der Waals surface area contributed by atoms with E-state index in [9.17, 15) is 14.7 Å². The van der Waals surface area contributed by atoms with Crippen molar-refractivity contribution in [2.45, 2.75) is 46.5 Å². The van der Waals surface area contributed by atoms with Gasteiger partial charge in [0.2, 0.25) is 0 Å². The largest absolute Gasteiger partial charge is 0.503 e. The fraction of sp³-hybridized carbons (Fsp3) is 0.458. The number of allylic oxidation sites excluding steroid dienone is 2. The Morgan fingerprint density at radius 2 is 2.10 bits per heavy atom. The van der Waals surface area contributed by atoms with Gasteiger partial charge in [-0.05, 0) is 59.3 Å². The van der Waals surface area contributed by atoms with Gasteiger partial charge in [-0.2, -0.15) is 0 Å². The fourth-order valence-electron chi connectivity index (χ4n) is 4.38. The topological polar surface area (TPSA) is 85.2 Å². The van der Waals surface area contributed by atoms with Crippen LogP contribution in [0.1, 0.15) is 52.0 Å². The molecule has 1 aliphatic heterocycles. The quantitative estimate of drug-likeness (QED) is 0.443. The van der Waals surface area contributed by atoms with Gasteiger partial charge in [0.15, 0.2) is 17.3 Å². The molecule has 1 aromatic rings. The molecule has 0 amide bonds. The zero-order valence-electron chi connectivity index (χ0n) is 18.3. The van der Waals surface area contributed by atoms with Crippen molar-refractivity contribution >= 4 is 33.4 Å². The number of rotatable bonds is 6. The third-order valence-corrected chi connectivity index (χ3v) is 6.21. The smallest absolute Gasteiger partial charge is 0.315 e. The highest BCUT2D eigenvalue weighted by atomic mass is 79.9. The maximum absolute atomic E-state index is 13.3. The molecule has 0 radical (unpaired) electrons. The maximum Gasteiger partial charge on any atom is 0.315 e. The monoisotopic (exact) mass is 489 g/mol. The lowest BCUT2D eigenvalue weighted by Gasteiger charge is -2.39. The number of ketones is 1. The van der Waals surface area contributed by atoms with Crippen molar-refractivity contribution < 1.29 is 24.2 Å². The number of hydrogen-bond acceptors (Lipinski definition) is 6. The van der Waals surface area contributed by atoms with Gasteiger partial charge in [0, 0.05) is 29.3 Å². The molecule has 0 bridgehead atoms. The van der Waals surface area contributed by atoms with Crippen molar-refractivity contribution in [3.63, 3.8) is 0 Å². The first-order chi connectivity index (χ1) is 14.6. The number of esters is 1. The highest BCUT2D eigenvalue weighted by Crippen LogP contribution is 2.49. The normalized spacial score (nSPS) is 22.5. The van der Waals surface area contributed by atoms with Gasteiger partial charge in [-0.3, -0.25) is 14.6 Å². The Morgan fingerprint density at radius 1 is 1.39 bits per heavy atom. The Morgan fingerprint density at radius 3 is 2.74 bits per heavy atom. The Balaban J connectivity index is 2.21. The molecule has 31 heavy (non-hydrogen) atoms. The van der Waals surface area contributed by atoms with Gasteiger partial charge >= 0.3 is 5.97 Å². The Bertz CT molecular complexity index is 992. The average Bonchev–Trinajstić information content (AvgIpc) is 2.67. The van der Waals surface area contributed by atoms with Crippen molar-refractivity contribution in [3.8, 4) is 11.5 Å². The van der Waals surface area contributed by atoms with Crippen LogP contribution in [-0.4, -0.2) is 35.8 Å². The number of benzene rings is 1. The molecule has 2 aliphatic rings. The van der Waals surface area contributed by atoms with Crippen LogP contribution in [0.5, 0.6) is 11.5 Å². The minimum Gasteiger partial charge on any atom is -0.503 e. The van der Waals surface area contributed by atoms with Gasteiger partial charge in [0.05, 0.1) is 11.1 Å². The minimum absolute atomic E-state index is 0.0174. The van der Waals surface area contributed by atoms with E-state index in [-0.39, 0.29) is 29.3 Å². The summed E-state index contributed by atoms with van der Waals surface area (Å²) in [6, 6.07) is 3.42. The van der Waals surface area contributed by atoms with E-state index in [4.69, 9.17) is 14.5 Å². The van der Waals surface area contributed by atoms with Gasteiger partial charge in [0.25, 0.3) is 0 Å². The summed E-state index contributed by atoms with van der Waals surface area (Å²) >= 11 is 3.38. The SMILES string of the molecule is C=CCOC(=O)C1C(C)=NC2=C(C(=O)CC(C)(C)C2)C1c1cc(Br)c(O)c(OCC)c1. The molecule has 1 N–H and O–H groups in total. The van der Waals surface area contributed by atoms with Crippen LogP contribution < -0.4 is 4.74 Å². The molecule has 0 fully saturated rings. The molecule has 1 aliphatic carbocycles. The predicted molar refractivity (Wildman–Crippen MR) is 123 cm³/mol. The van der Waals surface area contributed by atoms with E-state index in [0.717, 1.165) is 5.70 Å². The number of phenolic OH excluding ortho intramolecular Hbond substituents is 1. The third kappa shape index (κ3) is 4.61. The van der Waals surface area contributed by atoms with Gasteiger partial charge in [-0.1, -0.05) is 26.5 Å². The molecule has 7 heteroatoms. The Labute approximate surface area is 191 Å². The van der Waals surface area contributed by atoms with Gasteiger partial charge < -0.3 is 14.6 Å². The summed E-state index contributed by atoms with van der Waals surface area (Å²) in [5.41, 5.74) is 2.35. The highest BCUT2D eigenvalue weighted by molar-refractivity contribution is 9.10. The molecule has 2 atom stereocenters. The first-order valence-electron chi connectivity index (χ1n) is 10.3. The summed E-state index contributed by atoms with van der Waals surface area (Å²) in [4.78, 5) is 31.0. The zero-order valence-corrected chi connectivity index (χ0v) is 19.9. The standard InChI is InChI=1S/C24H28BrNO5/c1-6-8-31-23(29)19-13(3)26-16-11-24(4,5)12-17(27)21(16)20(19)14-9-15(25)22(28)18(10-14)30-7-2/h6,9-10,19-20,28H,1,7-8,11-12H2,2-5H3. The number of halogens is 1.